The Hall–Kier alpha value is -1.82. The molecule has 0 atom stereocenters. The van der Waals surface area contributed by atoms with E-state index < -0.39 is 4.92 Å². The van der Waals surface area contributed by atoms with Gasteiger partial charge >= 0.3 is 5.69 Å². The summed E-state index contributed by atoms with van der Waals surface area (Å²) in [5.74, 6) is 1.38. The minimum absolute atomic E-state index is 0.0546. The van der Waals surface area contributed by atoms with Crippen molar-refractivity contribution in [1.29, 1.82) is 0 Å². The van der Waals surface area contributed by atoms with E-state index in [4.69, 9.17) is 9.47 Å². The van der Waals surface area contributed by atoms with Crippen molar-refractivity contribution in [2.75, 3.05) is 26.8 Å². The van der Waals surface area contributed by atoms with E-state index in [-0.39, 0.29) is 5.69 Å². The molecule has 1 fully saturated rings. The SMILES string of the molecule is COc1ccc(OCCC2CNC2)c([N+](=O)[O-])c1. The minimum atomic E-state index is -0.456. The number of nitrogens with one attached hydrogen (secondary N) is 1. The van der Waals surface area contributed by atoms with Crippen molar-refractivity contribution in [3.8, 4) is 11.5 Å². The molecule has 0 aromatic heterocycles. The molecule has 1 N–H and O–H groups in total. The van der Waals surface area contributed by atoms with Crippen LogP contribution in [0.15, 0.2) is 18.2 Å². The second kappa shape index (κ2) is 5.68. The highest BCUT2D eigenvalue weighted by atomic mass is 16.6. The molecule has 0 saturated carbocycles. The van der Waals surface area contributed by atoms with Gasteiger partial charge in [-0.3, -0.25) is 10.1 Å². The quantitative estimate of drug-likeness (QED) is 0.614. The van der Waals surface area contributed by atoms with Gasteiger partial charge in [-0.1, -0.05) is 0 Å². The molecule has 0 spiro atoms. The molecule has 1 aromatic carbocycles. The van der Waals surface area contributed by atoms with Gasteiger partial charge in [-0.05, 0) is 37.6 Å². The molecule has 0 aliphatic carbocycles. The number of nitro benzene ring substituents is 1. The number of benzene rings is 1. The molecule has 0 bridgehead atoms. The molecule has 1 saturated heterocycles. The second-order valence-electron chi connectivity index (χ2n) is 4.25. The fourth-order valence-electron chi connectivity index (χ4n) is 1.78. The summed E-state index contributed by atoms with van der Waals surface area (Å²) in [5, 5.41) is 14.1. The van der Waals surface area contributed by atoms with E-state index >= 15 is 0 Å². The summed E-state index contributed by atoms with van der Waals surface area (Å²) in [6.45, 7) is 2.52. The predicted molar refractivity (Wildman–Crippen MR) is 66.1 cm³/mol. The Labute approximate surface area is 105 Å². The predicted octanol–water partition coefficient (Wildman–Crippen LogP) is 1.59. The number of nitrogens with zero attached hydrogens (tertiary/aromatic N) is 1. The van der Waals surface area contributed by atoms with Crippen LogP contribution in [0.3, 0.4) is 0 Å². The van der Waals surface area contributed by atoms with Crippen molar-refractivity contribution in [2.24, 2.45) is 5.92 Å². The lowest BCUT2D eigenvalue weighted by molar-refractivity contribution is -0.386. The third-order valence-electron chi connectivity index (χ3n) is 3.01. The first kappa shape index (κ1) is 12.6. The Morgan fingerprint density at radius 1 is 1.50 bits per heavy atom. The van der Waals surface area contributed by atoms with E-state index in [1.54, 1.807) is 12.1 Å². The molecule has 6 nitrogen and oxygen atoms in total. The first-order chi connectivity index (χ1) is 8.70. The first-order valence-electron chi connectivity index (χ1n) is 5.86. The molecule has 0 amide bonds. The van der Waals surface area contributed by atoms with Crippen LogP contribution >= 0.6 is 0 Å². The van der Waals surface area contributed by atoms with Crippen LogP contribution in [0.25, 0.3) is 0 Å². The molecule has 1 aromatic rings. The van der Waals surface area contributed by atoms with Crippen LogP contribution in [0, 0.1) is 16.0 Å². The lowest BCUT2D eigenvalue weighted by Gasteiger charge is -2.26. The number of hydrogen-bond donors (Lipinski definition) is 1. The summed E-state index contributed by atoms with van der Waals surface area (Å²) in [6, 6.07) is 4.61. The van der Waals surface area contributed by atoms with Gasteiger partial charge in [0.15, 0.2) is 5.75 Å². The normalized spacial score (nSPS) is 14.9. The zero-order valence-electron chi connectivity index (χ0n) is 10.2. The Morgan fingerprint density at radius 3 is 2.83 bits per heavy atom. The third kappa shape index (κ3) is 2.89. The van der Waals surface area contributed by atoms with Crippen molar-refractivity contribution in [3.05, 3.63) is 28.3 Å². The molecule has 0 unspecified atom stereocenters. The van der Waals surface area contributed by atoms with Gasteiger partial charge in [0, 0.05) is 0 Å². The van der Waals surface area contributed by atoms with Gasteiger partial charge in [-0.2, -0.15) is 0 Å². The highest BCUT2D eigenvalue weighted by Crippen LogP contribution is 2.31. The van der Waals surface area contributed by atoms with E-state index in [0.717, 1.165) is 19.5 Å². The molecular formula is C12H16N2O4. The van der Waals surface area contributed by atoms with Crippen molar-refractivity contribution in [1.82, 2.24) is 5.32 Å². The number of ether oxygens (including phenoxy) is 2. The van der Waals surface area contributed by atoms with Gasteiger partial charge in [0.2, 0.25) is 0 Å². The number of rotatable bonds is 6. The Kier molecular flexibility index (Phi) is 3.99. The lowest BCUT2D eigenvalue weighted by Crippen LogP contribution is -2.42. The van der Waals surface area contributed by atoms with Gasteiger partial charge in [-0.25, -0.2) is 0 Å². The second-order valence-corrected chi connectivity index (χ2v) is 4.25. The number of methoxy groups -OCH3 is 1. The number of hydrogen-bond acceptors (Lipinski definition) is 5. The Bertz CT molecular complexity index is 432. The zero-order chi connectivity index (χ0) is 13.0. The Morgan fingerprint density at radius 2 is 2.28 bits per heavy atom. The van der Waals surface area contributed by atoms with Crippen molar-refractivity contribution in [3.63, 3.8) is 0 Å². The number of nitro groups is 1. The van der Waals surface area contributed by atoms with Crippen molar-refractivity contribution >= 4 is 5.69 Å². The molecule has 0 radical (unpaired) electrons. The van der Waals surface area contributed by atoms with E-state index in [9.17, 15) is 10.1 Å². The molecular weight excluding hydrogens is 236 g/mol. The molecule has 6 heteroatoms. The summed E-state index contributed by atoms with van der Waals surface area (Å²) in [4.78, 5) is 10.5. The molecule has 1 heterocycles. The fraction of sp³-hybridized carbons (Fsp3) is 0.500. The van der Waals surface area contributed by atoms with Crippen molar-refractivity contribution in [2.45, 2.75) is 6.42 Å². The highest BCUT2D eigenvalue weighted by Gasteiger charge is 2.19. The van der Waals surface area contributed by atoms with E-state index in [1.165, 1.54) is 13.2 Å². The van der Waals surface area contributed by atoms with Crippen LogP contribution in [0.4, 0.5) is 5.69 Å². The standard InChI is InChI=1S/C12H16N2O4/c1-17-10-2-3-12(11(6-10)14(15)16)18-5-4-9-7-13-8-9/h2-3,6,9,13H,4-5,7-8H2,1H3. The molecule has 1 aliphatic rings. The van der Waals surface area contributed by atoms with Gasteiger partial charge in [0.1, 0.15) is 5.75 Å². The van der Waals surface area contributed by atoms with Crippen molar-refractivity contribution < 1.29 is 14.4 Å². The van der Waals surface area contributed by atoms with Crippen LogP contribution in [0.1, 0.15) is 6.42 Å². The lowest BCUT2D eigenvalue weighted by atomic mass is 10.0. The summed E-state index contributed by atoms with van der Waals surface area (Å²) >= 11 is 0. The molecule has 18 heavy (non-hydrogen) atoms. The maximum Gasteiger partial charge on any atom is 0.314 e. The Balaban J connectivity index is 1.98. The van der Waals surface area contributed by atoms with Gasteiger partial charge < -0.3 is 14.8 Å². The third-order valence-corrected chi connectivity index (χ3v) is 3.01. The molecule has 2 rings (SSSR count). The first-order valence-corrected chi connectivity index (χ1v) is 5.86. The van der Waals surface area contributed by atoms with Crippen LogP contribution in [-0.2, 0) is 0 Å². The largest absolute Gasteiger partial charge is 0.496 e. The highest BCUT2D eigenvalue weighted by molar-refractivity contribution is 5.50. The minimum Gasteiger partial charge on any atom is -0.496 e. The average molecular weight is 252 g/mol. The monoisotopic (exact) mass is 252 g/mol. The average Bonchev–Trinajstić information content (AvgIpc) is 2.32. The van der Waals surface area contributed by atoms with Gasteiger partial charge in [-0.15, -0.1) is 0 Å². The summed E-state index contributed by atoms with van der Waals surface area (Å²) < 4.78 is 10.4. The summed E-state index contributed by atoms with van der Waals surface area (Å²) in [7, 11) is 1.48. The topological polar surface area (TPSA) is 73.6 Å². The smallest absolute Gasteiger partial charge is 0.314 e. The molecule has 1 aliphatic heterocycles. The maximum absolute atomic E-state index is 10.9. The summed E-state index contributed by atoms with van der Waals surface area (Å²) in [6.07, 6.45) is 0.913. The van der Waals surface area contributed by atoms with Crippen LogP contribution < -0.4 is 14.8 Å². The fourth-order valence-corrected chi connectivity index (χ4v) is 1.78. The summed E-state index contributed by atoms with van der Waals surface area (Å²) in [5.41, 5.74) is -0.0546. The van der Waals surface area contributed by atoms with Crippen LogP contribution in [-0.4, -0.2) is 31.7 Å². The van der Waals surface area contributed by atoms with E-state index in [0.29, 0.717) is 24.0 Å². The molecule has 98 valence electrons. The zero-order valence-corrected chi connectivity index (χ0v) is 10.2. The maximum atomic E-state index is 10.9. The van der Waals surface area contributed by atoms with Crippen LogP contribution in [0.5, 0.6) is 11.5 Å². The van der Waals surface area contributed by atoms with Crippen LogP contribution in [0.2, 0.25) is 0 Å². The van der Waals surface area contributed by atoms with E-state index in [1.807, 2.05) is 0 Å². The van der Waals surface area contributed by atoms with Gasteiger partial charge in [0.05, 0.1) is 24.7 Å². The van der Waals surface area contributed by atoms with E-state index in [2.05, 4.69) is 5.32 Å². The van der Waals surface area contributed by atoms with Gasteiger partial charge in [0.25, 0.3) is 0 Å².